The Balaban J connectivity index is 1.68. The van der Waals surface area contributed by atoms with Gasteiger partial charge in [-0.3, -0.25) is 0 Å². The van der Waals surface area contributed by atoms with Crippen LogP contribution in [0.3, 0.4) is 0 Å². The second-order valence-corrected chi connectivity index (χ2v) is 4.49. The van der Waals surface area contributed by atoms with Gasteiger partial charge in [0.1, 0.15) is 5.76 Å². The highest BCUT2D eigenvalue weighted by Gasteiger charge is 2.19. The first-order valence-electron chi connectivity index (χ1n) is 6.19. The van der Waals surface area contributed by atoms with Crippen LogP contribution in [0.2, 0.25) is 0 Å². The van der Waals surface area contributed by atoms with E-state index in [9.17, 15) is 0 Å². The van der Waals surface area contributed by atoms with Crippen molar-refractivity contribution < 1.29 is 4.42 Å². The Labute approximate surface area is 101 Å². The minimum absolute atomic E-state index is 0.481. The van der Waals surface area contributed by atoms with Crippen LogP contribution >= 0.6 is 0 Å². The molecule has 0 amide bonds. The molecule has 1 saturated heterocycles. The minimum Gasteiger partial charge on any atom is -0.469 e. The molecule has 4 heteroatoms. The lowest BCUT2D eigenvalue weighted by atomic mass is 10.1. The van der Waals surface area contributed by atoms with Gasteiger partial charge in [0, 0.05) is 25.2 Å². The number of nitrogens with zero attached hydrogens (tertiary/aromatic N) is 2. The highest BCUT2D eigenvalue weighted by molar-refractivity contribution is 5.08. The Morgan fingerprint density at radius 3 is 3.29 bits per heavy atom. The summed E-state index contributed by atoms with van der Waals surface area (Å²) in [5, 5.41) is 3.51. The number of nitrogens with one attached hydrogen (secondary N) is 1. The number of aryl methyl sites for hydroxylation is 2. The molecule has 2 aromatic rings. The molecule has 1 aliphatic heterocycles. The van der Waals surface area contributed by atoms with Crippen LogP contribution in [0.5, 0.6) is 0 Å². The van der Waals surface area contributed by atoms with Crippen LogP contribution in [0.25, 0.3) is 0 Å². The van der Waals surface area contributed by atoms with Gasteiger partial charge in [0.15, 0.2) is 0 Å². The molecule has 3 heterocycles. The van der Waals surface area contributed by atoms with E-state index in [1.54, 1.807) is 6.26 Å². The average molecular weight is 231 g/mol. The van der Waals surface area contributed by atoms with E-state index in [2.05, 4.69) is 14.9 Å². The number of hydrogen-bond donors (Lipinski definition) is 1. The second-order valence-electron chi connectivity index (χ2n) is 4.49. The predicted molar refractivity (Wildman–Crippen MR) is 64.6 cm³/mol. The molecule has 0 aliphatic carbocycles. The van der Waals surface area contributed by atoms with E-state index >= 15 is 0 Å². The molecular weight excluding hydrogens is 214 g/mol. The van der Waals surface area contributed by atoms with Crippen molar-refractivity contribution in [1.82, 2.24) is 14.9 Å². The van der Waals surface area contributed by atoms with Crippen molar-refractivity contribution in [3.63, 3.8) is 0 Å². The molecule has 1 N–H and O–H groups in total. The van der Waals surface area contributed by atoms with Crippen LogP contribution in [-0.4, -0.2) is 16.1 Å². The van der Waals surface area contributed by atoms with E-state index in [1.807, 2.05) is 24.7 Å². The van der Waals surface area contributed by atoms with E-state index in [4.69, 9.17) is 4.42 Å². The number of rotatable bonds is 4. The van der Waals surface area contributed by atoms with Crippen LogP contribution < -0.4 is 5.32 Å². The third-order valence-corrected chi connectivity index (χ3v) is 3.34. The van der Waals surface area contributed by atoms with Crippen LogP contribution in [0.4, 0.5) is 0 Å². The van der Waals surface area contributed by atoms with E-state index in [0.717, 1.165) is 25.3 Å². The summed E-state index contributed by atoms with van der Waals surface area (Å²) in [7, 11) is 0. The van der Waals surface area contributed by atoms with Gasteiger partial charge in [-0.05, 0) is 31.5 Å². The molecule has 2 aromatic heterocycles. The molecule has 4 nitrogen and oxygen atoms in total. The molecular formula is C13H17N3O. The second kappa shape index (κ2) is 4.75. The quantitative estimate of drug-likeness (QED) is 0.876. The summed E-state index contributed by atoms with van der Waals surface area (Å²) >= 11 is 0. The summed E-state index contributed by atoms with van der Waals surface area (Å²) in [6.07, 6.45) is 9.01. The van der Waals surface area contributed by atoms with Crippen LogP contribution in [0.15, 0.2) is 35.3 Å². The van der Waals surface area contributed by atoms with Crippen LogP contribution in [-0.2, 0) is 13.0 Å². The Morgan fingerprint density at radius 1 is 1.53 bits per heavy atom. The third-order valence-electron chi connectivity index (χ3n) is 3.34. The average Bonchev–Trinajstić information content (AvgIpc) is 3.09. The molecule has 3 rings (SSSR count). The van der Waals surface area contributed by atoms with E-state index < -0.39 is 0 Å². The summed E-state index contributed by atoms with van der Waals surface area (Å²) < 4.78 is 7.58. The molecule has 0 bridgehead atoms. The summed E-state index contributed by atoms with van der Waals surface area (Å²) in [4.78, 5) is 4.26. The maximum atomic E-state index is 5.35. The maximum absolute atomic E-state index is 5.35. The van der Waals surface area contributed by atoms with Crippen molar-refractivity contribution in [3.8, 4) is 0 Å². The van der Waals surface area contributed by atoms with Gasteiger partial charge in [-0.1, -0.05) is 0 Å². The minimum atomic E-state index is 0.481. The lowest BCUT2D eigenvalue weighted by Gasteiger charge is -2.13. The first-order chi connectivity index (χ1) is 8.43. The largest absolute Gasteiger partial charge is 0.469 e. The van der Waals surface area contributed by atoms with Crippen LogP contribution in [0.1, 0.15) is 30.3 Å². The number of furan rings is 1. The Bertz CT molecular complexity index is 455. The molecule has 0 radical (unpaired) electrons. The summed E-state index contributed by atoms with van der Waals surface area (Å²) in [6, 6.07) is 4.43. The third kappa shape index (κ3) is 2.26. The van der Waals surface area contributed by atoms with Crippen LogP contribution in [0, 0.1) is 0 Å². The topological polar surface area (TPSA) is 43.0 Å². The Morgan fingerprint density at radius 2 is 2.53 bits per heavy atom. The summed E-state index contributed by atoms with van der Waals surface area (Å²) in [5.41, 5.74) is 1.30. The first-order valence-corrected chi connectivity index (χ1v) is 6.19. The molecule has 1 fully saturated rings. The molecule has 90 valence electrons. The Kier molecular flexibility index (Phi) is 2.96. The fraction of sp³-hybridized carbons (Fsp3) is 0.462. The first kappa shape index (κ1) is 10.6. The lowest BCUT2D eigenvalue weighted by Crippen LogP contribution is -2.17. The predicted octanol–water partition coefficient (Wildman–Crippen LogP) is 2.14. The summed E-state index contributed by atoms with van der Waals surface area (Å²) in [5.74, 6) is 1.03. The molecule has 1 aliphatic rings. The highest BCUT2D eigenvalue weighted by Crippen LogP contribution is 2.22. The molecule has 0 spiro atoms. The zero-order valence-corrected chi connectivity index (χ0v) is 9.80. The van der Waals surface area contributed by atoms with E-state index in [1.165, 1.54) is 18.5 Å². The lowest BCUT2D eigenvalue weighted by molar-refractivity contribution is 0.481. The fourth-order valence-corrected chi connectivity index (χ4v) is 2.43. The Hall–Kier alpha value is -1.55. The molecule has 17 heavy (non-hydrogen) atoms. The zero-order chi connectivity index (χ0) is 11.5. The number of aromatic nitrogens is 2. The van der Waals surface area contributed by atoms with Crippen molar-refractivity contribution in [2.75, 3.05) is 6.54 Å². The standard InChI is InChI=1S/C13H17N3O/c1-4-12(15-6-1)13-9-14-10-16(13)7-5-11-3-2-8-17-11/h2-3,8-10,12,15H,1,4-7H2/t12-/m0/s1. The highest BCUT2D eigenvalue weighted by atomic mass is 16.3. The van der Waals surface area contributed by atoms with Gasteiger partial charge < -0.3 is 14.3 Å². The fourth-order valence-electron chi connectivity index (χ4n) is 2.43. The van der Waals surface area contributed by atoms with Crippen molar-refractivity contribution in [2.24, 2.45) is 0 Å². The van der Waals surface area contributed by atoms with Gasteiger partial charge in [-0.15, -0.1) is 0 Å². The molecule has 0 aromatic carbocycles. The van der Waals surface area contributed by atoms with Crippen molar-refractivity contribution in [3.05, 3.63) is 42.4 Å². The van der Waals surface area contributed by atoms with Gasteiger partial charge >= 0.3 is 0 Å². The smallest absolute Gasteiger partial charge is 0.105 e. The monoisotopic (exact) mass is 231 g/mol. The number of hydrogen-bond acceptors (Lipinski definition) is 3. The van der Waals surface area contributed by atoms with Crippen molar-refractivity contribution >= 4 is 0 Å². The molecule has 0 saturated carbocycles. The van der Waals surface area contributed by atoms with Crippen molar-refractivity contribution in [1.29, 1.82) is 0 Å². The van der Waals surface area contributed by atoms with Crippen molar-refractivity contribution in [2.45, 2.75) is 31.8 Å². The van der Waals surface area contributed by atoms with E-state index in [0.29, 0.717) is 6.04 Å². The zero-order valence-electron chi connectivity index (χ0n) is 9.80. The summed E-state index contributed by atoms with van der Waals surface area (Å²) in [6.45, 7) is 2.05. The molecule has 0 unspecified atom stereocenters. The van der Waals surface area contributed by atoms with Gasteiger partial charge in [-0.2, -0.15) is 0 Å². The maximum Gasteiger partial charge on any atom is 0.105 e. The van der Waals surface area contributed by atoms with Gasteiger partial charge in [0.05, 0.1) is 18.3 Å². The van der Waals surface area contributed by atoms with E-state index in [-0.39, 0.29) is 0 Å². The number of imidazole rings is 1. The molecule has 1 atom stereocenters. The van der Waals surface area contributed by atoms with Gasteiger partial charge in [0.2, 0.25) is 0 Å². The van der Waals surface area contributed by atoms with Gasteiger partial charge in [-0.25, -0.2) is 4.98 Å². The normalized spacial score (nSPS) is 19.9. The van der Waals surface area contributed by atoms with Gasteiger partial charge in [0.25, 0.3) is 0 Å². The SMILES string of the molecule is c1coc(CCn2cncc2[C@@H]2CCCN2)c1.